The molecule has 0 radical (unpaired) electrons. The van der Waals surface area contributed by atoms with E-state index in [1.54, 1.807) is 0 Å². The Bertz CT molecular complexity index is 694. The van der Waals surface area contributed by atoms with Crippen LogP contribution >= 0.6 is 0 Å². The number of hydrogen-bond acceptors (Lipinski definition) is 4. The Morgan fingerprint density at radius 1 is 1.33 bits per heavy atom. The molecular formula is C15H13N3O3. The lowest BCUT2D eigenvalue weighted by Gasteiger charge is -2.04. The van der Waals surface area contributed by atoms with Gasteiger partial charge in [0.05, 0.1) is 12.1 Å². The number of nitrogens with zero attached hydrogens (tertiary/aromatic N) is 1. The molecule has 0 fully saturated rings. The van der Waals surface area contributed by atoms with Crippen molar-refractivity contribution in [3.05, 3.63) is 64.3 Å². The van der Waals surface area contributed by atoms with Crippen LogP contribution < -0.4 is 11.0 Å². The summed E-state index contributed by atoms with van der Waals surface area (Å²) in [5.41, 5.74) is 1.05. The molecule has 2 rings (SSSR count). The highest BCUT2D eigenvalue weighted by Gasteiger charge is 1.99. The highest BCUT2D eigenvalue weighted by molar-refractivity contribution is 5.67. The third-order valence-electron chi connectivity index (χ3n) is 2.44. The van der Waals surface area contributed by atoms with Crippen molar-refractivity contribution in [2.75, 3.05) is 6.54 Å². The summed E-state index contributed by atoms with van der Waals surface area (Å²) in [4.78, 5) is 28.1. The van der Waals surface area contributed by atoms with E-state index in [2.05, 4.69) is 27.1 Å². The van der Waals surface area contributed by atoms with Crippen LogP contribution in [0.1, 0.15) is 11.1 Å². The molecule has 0 atom stereocenters. The van der Waals surface area contributed by atoms with Gasteiger partial charge >= 0.3 is 11.8 Å². The summed E-state index contributed by atoms with van der Waals surface area (Å²) < 4.78 is 5.02. The molecule has 1 amide bonds. The third-order valence-corrected chi connectivity index (χ3v) is 2.44. The number of H-pyrrole nitrogens is 1. The summed E-state index contributed by atoms with van der Waals surface area (Å²) in [5, 5.41) is 2.51. The van der Waals surface area contributed by atoms with Gasteiger partial charge < -0.3 is 15.0 Å². The second kappa shape index (κ2) is 7.50. The number of carbonyl (C=O) groups is 1. The Labute approximate surface area is 121 Å². The lowest BCUT2D eigenvalue weighted by atomic mass is 10.2. The number of amides is 1. The van der Waals surface area contributed by atoms with E-state index in [0.717, 1.165) is 5.56 Å². The summed E-state index contributed by atoms with van der Waals surface area (Å²) in [6, 6.07) is 9.39. The maximum absolute atomic E-state index is 11.4. The highest BCUT2D eigenvalue weighted by Crippen LogP contribution is 2.00. The first-order valence-corrected chi connectivity index (χ1v) is 6.22. The number of carbonyl (C=O) groups excluding carboxylic acids is 1. The van der Waals surface area contributed by atoms with E-state index in [0.29, 0.717) is 5.56 Å². The SMILES string of the molecule is O=C(NCC#Cc1cnc(=O)[nH]c1)OCc1ccccc1. The molecule has 106 valence electrons. The van der Waals surface area contributed by atoms with Crippen molar-refractivity contribution in [2.45, 2.75) is 6.61 Å². The van der Waals surface area contributed by atoms with Crippen molar-refractivity contribution >= 4 is 6.09 Å². The third kappa shape index (κ3) is 5.20. The fraction of sp³-hybridized carbons (Fsp3) is 0.133. The highest BCUT2D eigenvalue weighted by atomic mass is 16.5. The summed E-state index contributed by atoms with van der Waals surface area (Å²) in [7, 11) is 0. The predicted octanol–water partition coefficient (Wildman–Crippen LogP) is 1.05. The van der Waals surface area contributed by atoms with Crippen LogP contribution in [-0.2, 0) is 11.3 Å². The normalized spacial score (nSPS) is 9.33. The molecule has 21 heavy (non-hydrogen) atoms. The number of benzene rings is 1. The fourth-order valence-corrected chi connectivity index (χ4v) is 1.45. The number of aromatic amines is 1. The van der Waals surface area contributed by atoms with Crippen LogP contribution in [0.2, 0.25) is 0 Å². The van der Waals surface area contributed by atoms with Crippen LogP contribution in [0.25, 0.3) is 0 Å². The molecule has 6 heteroatoms. The second-order valence-electron chi connectivity index (χ2n) is 4.02. The van der Waals surface area contributed by atoms with Crippen molar-refractivity contribution in [1.29, 1.82) is 0 Å². The molecule has 2 aromatic rings. The van der Waals surface area contributed by atoms with Crippen molar-refractivity contribution in [3.63, 3.8) is 0 Å². The van der Waals surface area contributed by atoms with Gasteiger partial charge in [-0.2, -0.15) is 0 Å². The second-order valence-corrected chi connectivity index (χ2v) is 4.02. The Hall–Kier alpha value is -3.07. The molecule has 0 aliphatic carbocycles. The maximum atomic E-state index is 11.4. The number of nitrogens with one attached hydrogen (secondary N) is 2. The van der Waals surface area contributed by atoms with Crippen LogP contribution in [0.15, 0.2) is 47.5 Å². The summed E-state index contributed by atoms with van der Waals surface area (Å²) in [6.07, 6.45) is 2.28. The minimum absolute atomic E-state index is 0.146. The van der Waals surface area contributed by atoms with Crippen molar-refractivity contribution in [3.8, 4) is 11.8 Å². The molecule has 6 nitrogen and oxygen atoms in total. The number of hydrogen-bond donors (Lipinski definition) is 2. The molecule has 0 saturated heterocycles. The average molecular weight is 283 g/mol. The number of rotatable bonds is 3. The lowest BCUT2D eigenvalue weighted by Crippen LogP contribution is -2.24. The smallest absolute Gasteiger partial charge is 0.408 e. The molecule has 1 aromatic heterocycles. The first kappa shape index (κ1) is 14.3. The van der Waals surface area contributed by atoms with E-state index in [1.165, 1.54) is 12.4 Å². The van der Waals surface area contributed by atoms with E-state index in [9.17, 15) is 9.59 Å². The Kier molecular flexibility index (Phi) is 5.12. The molecule has 0 unspecified atom stereocenters. The van der Waals surface area contributed by atoms with Gasteiger partial charge in [0.1, 0.15) is 6.61 Å². The number of alkyl carbamates (subject to hydrolysis) is 1. The lowest BCUT2D eigenvalue weighted by molar-refractivity contribution is 0.141. The molecule has 0 bridgehead atoms. The molecular weight excluding hydrogens is 270 g/mol. The number of ether oxygens (including phenoxy) is 1. The standard InChI is InChI=1S/C15H13N3O3/c19-14-17-9-13(10-18-14)7-4-8-16-15(20)21-11-12-5-2-1-3-6-12/h1-3,5-6,9-10H,8,11H2,(H,16,20)(H,17,18,19). The Morgan fingerprint density at radius 3 is 2.86 bits per heavy atom. The summed E-state index contributed by atoms with van der Waals surface area (Å²) in [5.74, 6) is 5.47. The van der Waals surface area contributed by atoms with E-state index in [1.807, 2.05) is 30.3 Å². The largest absolute Gasteiger partial charge is 0.445 e. The van der Waals surface area contributed by atoms with Crippen molar-refractivity contribution < 1.29 is 9.53 Å². The van der Waals surface area contributed by atoms with E-state index in [-0.39, 0.29) is 13.2 Å². The van der Waals surface area contributed by atoms with Gasteiger partial charge in [0.15, 0.2) is 0 Å². The molecule has 0 aliphatic rings. The first-order valence-electron chi connectivity index (χ1n) is 6.22. The zero-order chi connectivity index (χ0) is 14.9. The van der Waals surface area contributed by atoms with Crippen LogP contribution in [0.5, 0.6) is 0 Å². The van der Waals surface area contributed by atoms with Gasteiger partial charge in [0, 0.05) is 12.4 Å². The van der Waals surface area contributed by atoms with Crippen molar-refractivity contribution in [1.82, 2.24) is 15.3 Å². The first-order chi connectivity index (χ1) is 10.2. The van der Waals surface area contributed by atoms with Crippen LogP contribution in [-0.4, -0.2) is 22.6 Å². The van der Waals surface area contributed by atoms with E-state index >= 15 is 0 Å². The van der Waals surface area contributed by atoms with Gasteiger partial charge in [0.25, 0.3) is 0 Å². The Balaban J connectivity index is 1.72. The van der Waals surface area contributed by atoms with Gasteiger partial charge in [-0.25, -0.2) is 14.6 Å². The Morgan fingerprint density at radius 2 is 2.14 bits per heavy atom. The van der Waals surface area contributed by atoms with Gasteiger partial charge in [-0.15, -0.1) is 0 Å². The van der Waals surface area contributed by atoms with E-state index in [4.69, 9.17) is 4.74 Å². The molecule has 0 aliphatic heterocycles. The zero-order valence-electron chi connectivity index (χ0n) is 11.1. The molecule has 1 aromatic carbocycles. The monoisotopic (exact) mass is 283 g/mol. The van der Waals surface area contributed by atoms with Crippen LogP contribution in [0.4, 0.5) is 4.79 Å². The molecule has 0 spiro atoms. The zero-order valence-corrected chi connectivity index (χ0v) is 11.1. The summed E-state index contributed by atoms with van der Waals surface area (Å²) in [6.45, 7) is 0.358. The van der Waals surface area contributed by atoms with Gasteiger partial charge in [-0.1, -0.05) is 42.2 Å². The van der Waals surface area contributed by atoms with Gasteiger partial charge in [-0.05, 0) is 5.56 Å². The molecule has 2 N–H and O–H groups in total. The molecule has 0 saturated carbocycles. The van der Waals surface area contributed by atoms with Gasteiger partial charge in [0.2, 0.25) is 0 Å². The van der Waals surface area contributed by atoms with E-state index < -0.39 is 11.8 Å². The van der Waals surface area contributed by atoms with Gasteiger partial charge in [-0.3, -0.25) is 0 Å². The minimum Gasteiger partial charge on any atom is -0.445 e. The van der Waals surface area contributed by atoms with Crippen molar-refractivity contribution in [2.24, 2.45) is 0 Å². The predicted molar refractivity (Wildman–Crippen MR) is 76.4 cm³/mol. The fourth-order valence-electron chi connectivity index (χ4n) is 1.45. The minimum atomic E-state index is -0.534. The summed E-state index contributed by atoms with van der Waals surface area (Å²) >= 11 is 0. The molecule has 1 heterocycles. The van der Waals surface area contributed by atoms with Crippen LogP contribution in [0.3, 0.4) is 0 Å². The van der Waals surface area contributed by atoms with Crippen LogP contribution in [0, 0.1) is 11.8 Å². The topological polar surface area (TPSA) is 84.1 Å². The average Bonchev–Trinajstić information content (AvgIpc) is 2.52. The maximum Gasteiger partial charge on any atom is 0.408 e. The number of aromatic nitrogens is 2. The quantitative estimate of drug-likeness (QED) is 0.825.